The van der Waals surface area contributed by atoms with Crippen LogP contribution in [0, 0.1) is 10.1 Å². The highest BCUT2D eigenvalue weighted by Gasteiger charge is 2.16. The van der Waals surface area contributed by atoms with E-state index in [4.69, 9.17) is 14.5 Å². The molecule has 1 heterocycles. The van der Waals surface area contributed by atoms with Crippen LogP contribution in [0.25, 0.3) is 22.2 Å². The number of nitrogens with one attached hydrogen (secondary N) is 1. The van der Waals surface area contributed by atoms with Gasteiger partial charge in [0.1, 0.15) is 11.5 Å². The van der Waals surface area contributed by atoms with Gasteiger partial charge in [0.25, 0.3) is 11.6 Å². The van der Waals surface area contributed by atoms with Crippen molar-refractivity contribution >= 4 is 50.6 Å². The van der Waals surface area contributed by atoms with Gasteiger partial charge in [-0.15, -0.1) is 0 Å². The van der Waals surface area contributed by atoms with E-state index in [0.717, 1.165) is 16.1 Å². The molecule has 42 heavy (non-hydrogen) atoms. The first kappa shape index (κ1) is 28.1. The second kappa shape index (κ2) is 12.4. The molecule has 0 saturated heterocycles. The lowest BCUT2D eigenvalue weighted by atomic mass is 10.0. The predicted octanol–water partition coefficient (Wildman–Crippen LogP) is 6.56. The Morgan fingerprint density at radius 2 is 1.69 bits per heavy atom. The van der Waals surface area contributed by atoms with Gasteiger partial charge in [-0.05, 0) is 72.3 Å². The molecule has 0 bridgehead atoms. The smallest absolute Gasteiger partial charge is 0.343 e. The van der Waals surface area contributed by atoms with Gasteiger partial charge in [0.2, 0.25) is 0 Å². The number of ether oxygens (including phenoxy) is 2. The lowest BCUT2D eigenvalue weighted by Crippen LogP contribution is -2.18. The second-order valence-corrected chi connectivity index (χ2v) is 9.83. The molecule has 0 aliphatic heterocycles. The van der Waals surface area contributed by atoms with Gasteiger partial charge >= 0.3 is 5.97 Å². The van der Waals surface area contributed by atoms with E-state index in [2.05, 4.69) is 26.5 Å². The Hall–Kier alpha value is -5.42. The Balaban J connectivity index is 1.31. The number of aromatic nitrogens is 1. The fourth-order valence-electron chi connectivity index (χ4n) is 4.05. The van der Waals surface area contributed by atoms with Crippen LogP contribution in [0.2, 0.25) is 0 Å². The molecule has 0 aliphatic rings. The Morgan fingerprint density at radius 3 is 2.40 bits per heavy atom. The lowest BCUT2D eigenvalue weighted by molar-refractivity contribution is -0.384. The van der Waals surface area contributed by atoms with Crippen molar-refractivity contribution in [1.29, 1.82) is 0 Å². The molecule has 0 spiro atoms. The molecule has 0 saturated carbocycles. The van der Waals surface area contributed by atoms with Crippen LogP contribution >= 0.6 is 15.9 Å². The number of hydrogen-bond donors (Lipinski definition) is 1. The number of methoxy groups -OCH3 is 1. The minimum absolute atomic E-state index is 0.0575. The molecule has 0 unspecified atom stereocenters. The number of benzene rings is 4. The Labute approximate surface area is 247 Å². The summed E-state index contributed by atoms with van der Waals surface area (Å²) in [5.74, 6) is -0.334. The van der Waals surface area contributed by atoms with Crippen LogP contribution in [0.1, 0.15) is 26.3 Å². The quantitative estimate of drug-likeness (QED) is 0.0679. The second-order valence-electron chi connectivity index (χ2n) is 8.91. The molecule has 11 heteroatoms. The highest BCUT2D eigenvalue weighted by atomic mass is 79.9. The van der Waals surface area contributed by atoms with Crippen molar-refractivity contribution in [2.45, 2.75) is 0 Å². The molecule has 0 atom stereocenters. The fraction of sp³-hybridized carbons (Fsp3) is 0.0323. The molecule has 4 aromatic carbocycles. The number of hydrazone groups is 1. The summed E-state index contributed by atoms with van der Waals surface area (Å²) in [5, 5.41) is 15.7. The number of rotatable bonds is 8. The van der Waals surface area contributed by atoms with E-state index in [1.54, 1.807) is 55.6 Å². The van der Waals surface area contributed by atoms with Gasteiger partial charge in [-0.3, -0.25) is 14.9 Å². The summed E-state index contributed by atoms with van der Waals surface area (Å²) in [5.41, 5.74) is 5.51. The Bertz CT molecular complexity index is 1840. The molecule has 1 N–H and O–H groups in total. The number of halogens is 1. The first-order chi connectivity index (χ1) is 20.3. The van der Waals surface area contributed by atoms with Crippen LogP contribution in [-0.4, -0.2) is 35.1 Å². The number of carbonyl (C=O) groups excluding carboxylic acids is 2. The van der Waals surface area contributed by atoms with Crippen molar-refractivity contribution < 1.29 is 24.0 Å². The fourth-order valence-corrected chi connectivity index (χ4v) is 4.31. The maximum atomic E-state index is 13.3. The first-order valence-electron chi connectivity index (χ1n) is 12.5. The van der Waals surface area contributed by atoms with Crippen LogP contribution in [-0.2, 0) is 0 Å². The molecule has 10 nitrogen and oxygen atoms in total. The average Bonchev–Trinajstić information content (AvgIpc) is 3.01. The monoisotopic (exact) mass is 624 g/mol. The zero-order valence-corrected chi connectivity index (χ0v) is 23.6. The van der Waals surface area contributed by atoms with Crippen molar-refractivity contribution in [2.75, 3.05) is 7.11 Å². The molecule has 0 fully saturated rings. The van der Waals surface area contributed by atoms with Gasteiger partial charge in [-0.1, -0.05) is 34.1 Å². The van der Waals surface area contributed by atoms with Crippen LogP contribution < -0.4 is 14.9 Å². The highest BCUT2D eigenvalue weighted by Crippen LogP contribution is 2.28. The maximum Gasteiger partial charge on any atom is 0.343 e. The van der Waals surface area contributed by atoms with Crippen LogP contribution in [0.3, 0.4) is 0 Å². The summed E-state index contributed by atoms with van der Waals surface area (Å²) < 4.78 is 11.6. The van der Waals surface area contributed by atoms with Crippen molar-refractivity contribution in [3.8, 4) is 22.8 Å². The number of pyridine rings is 1. The summed E-state index contributed by atoms with van der Waals surface area (Å²) in [7, 11) is 1.55. The third-order valence-corrected chi connectivity index (χ3v) is 6.69. The van der Waals surface area contributed by atoms with E-state index in [1.165, 1.54) is 24.4 Å². The molecular weight excluding hydrogens is 604 g/mol. The van der Waals surface area contributed by atoms with Crippen LogP contribution in [0.15, 0.2) is 107 Å². The van der Waals surface area contributed by atoms with Gasteiger partial charge in [0.15, 0.2) is 0 Å². The van der Waals surface area contributed by atoms with Crippen molar-refractivity contribution in [1.82, 2.24) is 10.4 Å². The molecular formula is C31H21BrN4O6. The topological polar surface area (TPSA) is 133 Å². The van der Waals surface area contributed by atoms with E-state index in [1.807, 2.05) is 24.3 Å². The average molecular weight is 625 g/mol. The molecule has 0 radical (unpaired) electrons. The predicted molar refractivity (Wildman–Crippen MR) is 161 cm³/mol. The zero-order chi connectivity index (χ0) is 29.6. The number of hydrogen-bond acceptors (Lipinski definition) is 8. The van der Waals surface area contributed by atoms with Gasteiger partial charge in [0, 0.05) is 27.6 Å². The summed E-state index contributed by atoms with van der Waals surface area (Å²) in [4.78, 5) is 40.7. The number of non-ortho nitro benzene ring substituents is 1. The number of fused-ring (bicyclic) bond motifs is 1. The Morgan fingerprint density at radius 1 is 0.952 bits per heavy atom. The molecule has 0 aliphatic carbocycles. The van der Waals surface area contributed by atoms with E-state index in [0.29, 0.717) is 33.5 Å². The Kier molecular flexibility index (Phi) is 8.30. The SMILES string of the molecule is COc1ccc2nc(-c3ccc(Br)cc3)cc(C(=O)NN=Cc3ccc(OC(=O)c4cccc([N+](=O)[O-])c4)cc3)c2c1. The third-order valence-electron chi connectivity index (χ3n) is 6.16. The number of nitro benzene ring substituents is 1. The highest BCUT2D eigenvalue weighted by molar-refractivity contribution is 9.10. The first-order valence-corrected chi connectivity index (χ1v) is 13.2. The van der Waals surface area contributed by atoms with E-state index < -0.39 is 16.8 Å². The molecule has 208 valence electrons. The maximum absolute atomic E-state index is 13.3. The van der Waals surface area contributed by atoms with Crippen LogP contribution in [0.4, 0.5) is 5.69 Å². The number of amides is 1. The summed E-state index contributed by atoms with van der Waals surface area (Å²) in [6.07, 6.45) is 1.45. The summed E-state index contributed by atoms with van der Waals surface area (Å²) in [6, 6.07) is 26.3. The standard InChI is InChI=1S/C31H21BrN4O6/c1-41-25-13-14-28-26(16-25)27(17-29(34-28)20-7-9-22(32)10-8-20)30(37)35-33-18-19-5-11-24(12-6-19)42-31(38)21-3-2-4-23(15-21)36(39)40/h2-18H,1H3,(H,35,37). The number of nitro groups is 1. The molecule has 5 rings (SSSR count). The number of esters is 1. The van der Waals surface area contributed by atoms with Crippen molar-refractivity contribution in [3.63, 3.8) is 0 Å². The van der Waals surface area contributed by atoms with Crippen molar-refractivity contribution in [2.24, 2.45) is 5.10 Å². The van der Waals surface area contributed by atoms with Gasteiger partial charge < -0.3 is 9.47 Å². The largest absolute Gasteiger partial charge is 0.497 e. The van der Waals surface area contributed by atoms with Crippen molar-refractivity contribution in [3.05, 3.63) is 128 Å². The minimum Gasteiger partial charge on any atom is -0.497 e. The van der Waals surface area contributed by atoms with Gasteiger partial charge in [0.05, 0.1) is 40.6 Å². The van der Waals surface area contributed by atoms with Gasteiger partial charge in [-0.25, -0.2) is 15.2 Å². The van der Waals surface area contributed by atoms with E-state index >= 15 is 0 Å². The lowest BCUT2D eigenvalue weighted by Gasteiger charge is -2.10. The third kappa shape index (κ3) is 6.48. The van der Waals surface area contributed by atoms with E-state index in [-0.39, 0.29) is 17.0 Å². The van der Waals surface area contributed by atoms with Gasteiger partial charge in [-0.2, -0.15) is 5.10 Å². The number of carbonyl (C=O) groups is 2. The molecule has 1 amide bonds. The normalized spacial score (nSPS) is 10.9. The number of nitrogens with zero attached hydrogens (tertiary/aromatic N) is 3. The molecule has 5 aromatic rings. The van der Waals surface area contributed by atoms with E-state index in [9.17, 15) is 19.7 Å². The molecule has 1 aromatic heterocycles. The minimum atomic E-state index is -0.726. The van der Waals surface area contributed by atoms with Crippen LogP contribution in [0.5, 0.6) is 11.5 Å². The summed E-state index contributed by atoms with van der Waals surface area (Å²) in [6.45, 7) is 0. The summed E-state index contributed by atoms with van der Waals surface area (Å²) >= 11 is 3.43. The zero-order valence-electron chi connectivity index (χ0n) is 22.0.